The highest BCUT2D eigenvalue weighted by Crippen LogP contribution is 2.23. The summed E-state index contributed by atoms with van der Waals surface area (Å²) in [5, 5.41) is 2.76. The van der Waals surface area contributed by atoms with Crippen molar-refractivity contribution >= 4 is 5.91 Å². The van der Waals surface area contributed by atoms with Gasteiger partial charge in [0.1, 0.15) is 12.4 Å². The summed E-state index contributed by atoms with van der Waals surface area (Å²) in [6, 6.07) is 5.41. The molecule has 1 aromatic carbocycles. The second kappa shape index (κ2) is 3.90. The van der Waals surface area contributed by atoms with Gasteiger partial charge in [-0.1, -0.05) is 6.07 Å². The van der Waals surface area contributed by atoms with Gasteiger partial charge in [-0.05, 0) is 24.6 Å². The molecule has 1 amide bonds. The zero-order chi connectivity index (χ0) is 10.8. The summed E-state index contributed by atoms with van der Waals surface area (Å²) in [5.41, 5.74) is 7.27. The minimum absolute atomic E-state index is 0.0775. The Labute approximate surface area is 88.4 Å². The third kappa shape index (κ3) is 1.94. The molecule has 1 aliphatic heterocycles. The average Bonchev–Trinajstić information content (AvgIpc) is 2.40. The van der Waals surface area contributed by atoms with Crippen LogP contribution in [0.3, 0.4) is 0 Å². The highest BCUT2D eigenvalue weighted by molar-refractivity contribution is 5.97. The molecule has 1 heterocycles. The number of nitrogens with one attached hydrogen (secondary N) is 1. The smallest absolute Gasteiger partial charge is 0.255 e. The molecule has 0 spiro atoms. The molecule has 1 atom stereocenters. The zero-order valence-corrected chi connectivity index (χ0v) is 8.62. The van der Waals surface area contributed by atoms with Crippen molar-refractivity contribution in [1.82, 2.24) is 5.32 Å². The Morgan fingerprint density at radius 1 is 1.53 bits per heavy atom. The van der Waals surface area contributed by atoms with Crippen molar-refractivity contribution in [1.29, 1.82) is 0 Å². The number of hydrogen-bond donors (Lipinski definition) is 2. The maximum absolute atomic E-state index is 11.6. The topological polar surface area (TPSA) is 64.4 Å². The van der Waals surface area contributed by atoms with E-state index in [4.69, 9.17) is 10.5 Å². The van der Waals surface area contributed by atoms with Crippen LogP contribution >= 0.6 is 0 Å². The van der Waals surface area contributed by atoms with Crippen LogP contribution in [0.2, 0.25) is 0 Å². The van der Waals surface area contributed by atoms with Crippen LogP contribution in [0.4, 0.5) is 0 Å². The first-order valence-electron chi connectivity index (χ1n) is 4.99. The molecule has 0 aromatic heterocycles. The fourth-order valence-electron chi connectivity index (χ4n) is 1.55. The molecule has 0 radical (unpaired) electrons. The lowest BCUT2D eigenvalue weighted by Crippen LogP contribution is -2.24. The first-order valence-corrected chi connectivity index (χ1v) is 4.99. The number of fused-ring (bicyclic) bond motifs is 1. The normalized spacial score (nSPS) is 17.1. The maximum atomic E-state index is 11.6. The van der Waals surface area contributed by atoms with E-state index < -0.39 is 0 Å². The Hall–Kier alpha value is -1.55. The van der Waals surface area contributed by atoms with E-state index in [-0.39, 0.29) is 11.9 Å². The summed E-state index contributed by atoms with van der Waals surface area (Å²) < 4.78 is 5.43. The fraction of sp³-hybridized carbons (Fsp3) is 0.364. The van der Waals surface area contributed by atoms with Gasteiger partial charge in [-0.15, -0.1) is 0 Å². The van der Waals surface area contributed by atoms with Crippen LogP contribution in [0, 0.1) is 0 Å². The van der Waals surface area contributed by atoms with E-state index in [1.807, 2.05) is 13.0 Å². The molecule has 15 heavy (non-hydrogen) atoms. The molecular formula is C11H14N2O2. The summed E-state index contributed by atoms with van der Waals surface area (Å²) >= 11 is 0. The molecule has 80 valence electrons. The van der Waals surface area contributed by atoms with E-state index in [2.05, 4.69) is 5.32 Å². The van der Waals surface area contributed by atoms with Crippen molar-refractivity contribution in [3.05, 3.63) is 29.3 Å². The van der Waals surface area contributed by atoms with E-state index in [1.54, 1.807) is 12.1 Å². The molecule has 1 aromatic rings. The summed E-state index contributed by atoms with van der Waals surface area (Å²) in [5.74, 6) is 0.541. The molecule has 0 bridgehead atoms. The first kappa shape index (κ1) is 9.98. The second-order valence-electron chi connectivity index (χ2n) is 3.65. The van der Waals surface area contributed by atoms with Gasteiger partial charge in [0.2, 0.25) is 0 Å². The monoisotopic (exact) mass is 206 g/mol. The Morgan fingerprint density at radius 2 is 2.33 bits per heavy atom. The quantitative estimate of drug-likeness (QED) is 0.715. The Kier molecular flexibility index (Phi) is 2.60. The van der Waals surface area contributed by atoms with Gasteiger partial charge in [-0.2, -0.15) is 0 Å². The molecule has 4 nitrogen and oxygen atoms in total. The van der Waals surface area contributed by atoms with Crippen LogP contribution in [0.15, 0.2) is 18.2 Å². The minimum atomic E-state index is -0.0926. The number of carbonyl (C=O) groups is 1. The summed E-state index contributed by atoms with van der Waals surface area (Å²) in [4.78, 5) is 11.6. The Balaban J connectivity index is 2.44. The second-order valence-corrected chi connectivity index (χ2v) is 3.65. The van der Waals surface area contributed by atoms with Crippen molar-refractivity contribution in [3.63, 3.8) is 0 Å². The molecule has 0 fully saturated rings. The highest BCUT2D eigenvalue weighted by atomic mass is 16.5. The molecular weight excluding hydrogens is 192 g/mol. The van der Waals surface area contributed by atoms with Gasteiger partial charge in [0.15, 0.2) is 0 Å². The lowest BCUT2D eigenvalue weighted by molar-refractivity contribution is 0.0957. The summed E-state index contributed by atoms with van der Waals surface area (Å²) in [7, 11) is 0. The number of amides is 1. The minimum Gasteiger partial charge on any atom is -0.491 e. The van der Waals surface area contributed by atoms with Gasteiger partial charge in [-0.25, -0.2) is 0 Å². The summed E-state index contributed by atoms with van der Waals surface area (Å²) in [6.45, 7) is 2.94. The Bertz CT molecular complexity index is 388. The zero-order valence-electron chi connectivity index (χ0n) is 8.62. The van der Waals surface area contributed by atoms with E-state index in [1.165, 1.54) is 0 Å². The van der Waals surface area contributed by atoms with Gasteiger partial charge in [0.25, 0.3) is 5.91 Å². The van der Waals surface area contributed by atoms with E-state index in [0.29, 0.717) is 24.5 Å². The first-order chi connectivity index (χ1) is 7.18. The molecule has 4 heteroatoms. The lowest BCUT2D eigenvalue weighted by Gasteiger charge is -2.10. The van der Waals surface area contributed by atoms with Crippen LogP contribution in [0.25, 0.3) is 0 Å². The maximum Gasteiger partial charge on any atom is 0.255 e. The molecule has 0 saturated carbocycles. The Morgan fingerprint density at radius 3 is 3.07 bits per heavy atom. The predicted octanol–water partition coefficient (Wildman–Crippen LogP) is 0.829. The van der Waals surface area contributed by atoms with Gasteiger partial charge >= 0.3 is 0 Å². The number of benzene rings is 1. The largest absolute Gasteiger partial charge is 0.491 e. The average molecular weight is 206 g/mol. The van der Waals surface area contributed by atoms with Crippen molar-refractivity contribution in [2.24, 2.45) is 5.73 Å². The van der Waals surface area contributed by atoms with Crippen molar-refractivity contribution < 1.29 is 9.53 Å². The van der Waals surface area contributed by atoms with Crippen LogP contribution in [0.5, 0.6) is 5.75 Å². The third-order valence-corrected chi connectivity index (χ3v) is 2.42. The number of hydrogen-bond acceptors (Lipinski definition) is 3. The number of rotatable bonds is 1. The number of carbonyl (C=O) groups excluding carboxylic acids is 1. The van der Waals surface area contributed by atoms with Crippen LogP contribution in [-0.2, 0) is 0 Å². The van der Waals surface area contributed by atoms with Gasteiger partial charge in [0.05, 0.1) is 12.1 Å². The van der Waals surface area contributed by atoms with Crippen molar-refractivity contribution in [2.75, 3.05) is 13.2 Å². The van der Waals surface area contributed by atoms with Crippen LogP contribution in [-0.4, -0.2) is 19.1 Å². The third-order valence-electron chi connectivity index (χ3n) is 2.42. The molecule has 1 aliphatic rings. The highest BCUT2D eigenvalue weighted by Gasteiger charge is 2.17. The molecule has 0 saturated heterocycles. The van der Waals surface area contributed by atoms with Crippen molar-refractivity contribution in [3.8, 4) is 5.75 Å². The van der Waals surface area contributed by atoms with Gasteiger partial charge in [-0.3, -0.25) is 4.79 Å². The predicted molar refractivity (Wildman–Crippen MR) is 56.9 cm³/mol. The van der Waals surface area contributed by atoms with Crippen molar-refractivity contribution in [2.45, 2.75) is 13.0 Å². The van der Waals surface area contributed by atoms with Gasteiger partial charge in [0, 0.05) is 6.04 Å². The van der Waals surface area contributed by atoms with E-state index in [0.717, 1.165) is 5.56 Å². The standard InChI is InChI=1S/C11H14N2O2/c1-7(12)8-2-3-10-9(6-8)11(14)13-4-5-15-10/h2-3,6-7H,4-5,12H2,1H3,(H,13,14). The molecule has 0 aliphatic carbocycles. The number of nitrogens with two attached hydrogens (primary N) is 1. The molecule has 2 rings (SSSR count). The van der Waals surface area contributed by atoms with E-state index in [9.17, 15) is 4.79 Å². The fourth-order valence-corrected chi connectivity index (χ4v) is 1.55. The molecule has 3 N–H and O–H groups in total. The number of ether oxygens (including phenoxy) is 1. The van der Waals surface area contributed by atoms with Crippen LogP contribution in [0.1, 0.15) is 28.9 Å². The summed E-state index contributed by atoms with van der Waals surface area (Å²) in [6.07, 6.45) is 0. The van der Waals surface area contributed by atoms with Gasteiger partial charge < -0.3 is 15.8 Å². The molecule has 1 unspecified atom stereocenters. The lowest BCUT2D eigenvalue weighted by atomic mass is 10.0. The van der Waals surface area contributed by atoms with Crippen LogP contribution < -0.4 is 15.8 Å². The van der Waals surface area contributed by atoms with E-state index >= 15 is 0 Å². The SMILES string of the molecule is CC(N)c1ccc2c(c1)C(=O)NCCO2.